The molecule has 0 aliphatic rings. The van der Waals surface area contributed by atoms with Crippen molar-refractivity contribution in [2.24, 2.45) is 0 Å². The highest BCUT2D eigenvalue weighted by Crippen LogP contribution is 2.10. The lowest BCUT2D eigenvalue weighted by molar-refractivity contribution is 0.0850. The first-order chi connectivity index (χ1) is 5.75. The van der Waals surface area contributed by atoms with Crippen LogP contribution in [0.25, 0.3) is 0 Å². The van der Waals surface area contributed by atoms with Crippen molar-refractivity contribution in [2.75, 3.05) is 7.11 Å². The first-order valence-corrected chi connectivity index (χ1v) is 3.44. The standard InChI is InChI=1S/C8H9F2NO/c1-12-11-5-6-7(9)3-2-4-8(6)10/h2-4,11H,5H2,1H3. The van der Waals surface area contributed by atoms with E-state index in [1.54, 1.807) is 0 Å². The van der Waals surface area contributed by atoms with Crippen molar-refractivity contribution in [3.63, 3.8) is 0 Å². The zero-order valence-electron chi connectivity index (χ0n) is 6.60. The monoisotopic (exact) mass is 173 g/mol. The van der Waals surface area contributed by atoms with Gasteiger partial charge in [0.25, 0.3) is 0 Å². The van der Waals surface area contributed by atoms with E-state index in [1.807, 2.05) is 0 Å². The Labute approximate surface area is 69.1 Å². The highest BCUT2D eigenvalue weighted by molar-refractivity contribution is 5.19. The van der Waals surface area contributed by atoms with E-state index >= 15 is 0 Å². The van der Waals surface area contributed by atoms with Crippen LogP contribution in [0.2, 0.25) is 0 Å². The minimum Gasteiger partial charge on any atom is -0.305 e. The highest BCUT2D eigenvalue weighted by atomic mass is 19.1. The molecule has 0 fully saturated rings. The van der Waals surface area contributed by atoms with E-state index in [1.165, 1.54) is 25.3 Å². The summed E-state index contributed by atoms with van der Waals surface area (Å²) in [5.41, 5.74) is 2.35. The molecule has 12 heavy (non-hydrogen) atoms. The summed E-state index contributed by atoms with van der Waals surface area (Å²) >= 11 is 0. The molecule has 0 aromatic heterocycles. The predicted molar refractivity (Wildman–Crippen MR) is 40.2 cm³/mol. The summed E-state index contributed by atoms with van der Waals surface area (Å²) < 4.78 is 25.7. The molecule has 66 valence electrons. The van der Waals surface area contributed by atoms with Crippen LogP contribution in [0.3, 0.4) is 0 Å². The van der Waals surface area contributed by atoms with Gasteiger partial charge in [-0.2, -0.15) is 5.48 Å². The molecule has 0 bridgehead atoms. The fraction of sp³-hybridized carbons (Fsp3) is 0.250. The lowest BCUT2D eigenvalue weighted by atomic mass is 10.2. The summed E-state index contributed by atoms with van der Waals surface area (Å²) in [7, 11) is 1.39. The summed E-state index contributed by atoms with van der Waals surface area (Å²) in [6.07, 6.45) is 0. The molecule has 0 aliphatic carbocycles. The SMILES string of the molecule is CONCc1c(F)cccc1F. The predicted octanol–water partition coefficient (Wildman–Crippen LogP) is 1.62. The molecular formula is C8H9F2NO. The molecule has 4 heteroatoms. The largest absolute Gasteiger partial charge is 0.305 e. The van der Waals surface area contributed by atoms with Gasteiger partial charge in [0, 0.05) is 5.56 Å². The van der Waals surface area contributed by atoms with Gasteiger partial charge in [0.15, 0.2) is 0 Å². The summed E-state index contributed by atoms with van der Waals surface area (Å²) in [5.74, 6) is -1.14. The number of rotatable bonds is 3. The van der Waals surface area contributed by atoms with E-state index in [4.69, 9.17) is 0 Å². The molecule has 2 nitrogen and oxygen atoms in total. The molecule has 0 unspecified atom stereocenters. The Morgan fingerprint density at radius 3 is 2.42 bits per heavy atom. The second-order valence-corrected chi connectivity index (χ2v) is 2.23. The zero-order valence-corrected chi connectivity index (χ0v) is 6.60. The van der Waals surface area contributed by atoms with Crippen LogP contribution in [0.4, 0.5) is 8.78 Å². The second-order valence-electron chi connectivity index (χ2n) is 2.23. The van der Waals surface area contributed by atoms with Gasteiger partial charge in [0.1, 0.15) is 11.6 Å². The number of halogens is 2. The molecule has 0 saturated carbocycles. The zero-order chi connectivity index (χ0) is 8.97. The first kappa shape index (κ1) is 9.09. The van der Waals surface area contributed by atoms with Gasteiger partial charge in [-0.25, -0.2) is 8.78 Å². The molecule has 0 radical (unpaired) electrons. The van der Waals surface area contributed by atoms with Gasteiger partial charge in [-0.15, -0.1) is 0 Å². The van der Waals surface area contributed by atoms with Gasteiger partial charge in [-0.05, 0) is 12.1 Å². The quantitative estimate of drug-likeness (QED) is 0.701. The maximum atomic E-state index is 12.8. The maximum Gasteiger partial charge on any atom is 0.130 e. The first-order valence-electron chi connectivity index (χ1n) is 3.44. The lowest BCUT2D eigenvalue weighted by Crippen LogP contribution is -2.13. The third-order valence-electron chi connectivity index (χ3n) is 1.45. The summed E-state index contributed by atoms with van der Waals surface area (Å²) in [6, 6.07) is 3.73. The molecule has 0 heterocycles. The average molecular weight is 173 g/mol. The van der Waals surface area contributed by atoms with Gasteiger partial charge in [0.05, 0.1) is 13.7 Å². The molecule has 0 amide bonds. The number of hydrogen-bond acceptors (Lipinski definition) is 2. The third kappa shape index (κ3) is 1.99. The molecule has 1 aromatic carbocycles. The van der Waals surface area contributed by atoms with Crippen molar-refractivity contribution in [1.29, 1.82) is 0 Å². The fourth-order valence-corrected chi connectivity index (χ4v) is 0.846. The van der Waals surface area contributed by atoms with Gasteiger partial charge < -0.3 is 4.84 Å². The number of hydrogen-bond donors (Lipinski definition) is 1. The van der Waals surface area contributed by atoms with Crippen molar-refractivity contribution < 1.29 is 13.6 Å². The van der Waals surface area contributed by atoms with Crippen LogP contribution >= 0.6 is 0 Å². The van der Waals surface area contributed by atoms with Crippen molar-refractivity contribution in [3.05, 3.63) is 35.4 Å². The smallest absolute Gasteiger partial charge is 0.130 e. The number of hydroxylamine groups is 1. The number of benzene rings is 1. The maximum absolute atomic E-state index is 12.8. The lowest BCUT2D eigenvalue weighted by Gasteiger charge is -2.04. The molecular weight excluding hydrogens is 164 g/mol. The van der Waals surface area contributed by atoms with Crippen molar-refractivity contribution >= 4 is 0 Å². The van der Waals surface area contributed by atoms with Gasteiger partial charge in [0.2, 0.25) is 0 Å². The second kappa shape index (κ2) is 4.13. The van der Waals surface area contributed by atoms with E-state index in [9.17, 15) is 8.78 Å². The minimum absolute atomic E-state index is 0.0145. The fourth-order valence-electron chi connectivity index (χ4n) is 0.846. The van der Waals surface area contributed by atoms with E-state index in [0.717, 1.165) is 0 Å². The molecule has 0 saturated heterocycles. The molecule has 1 aromatic rings. The minimum atomic E-state index is -0.570. The topological polar surface area (TPSA) is 21.3 Å². The Morgan fingerprint density at radius 1 is 1.33 bits per heavy atom. The van der Waals surface area contributed by atoms with Crippen LogP contribution in [-0.2, 0) is 11.4 Å². The van der Waals surface area contributed by atoms with E-state index in [-0.39, 0.29) is 12.1 Å². The number of nitrogens with one attached hydrogen (secondary N) is 1. The Bertz CT molecular complexity index is 245. The summed E-state index contributed by atoms with van der Waals surface area (Å²) in [6.45, 7) is 0.0228. The molecule has 0 atom stereocenters. The van der Waals surface area contributed by atoms with Crippen LogP contribution in [0.15, 0.2) is 18.2 Å². The normalized spacial score (nSPS) is 10.2. The van der Waals surface area contributed by atoms with E-state index in [0.29, 0.717) is 0 Å². The van der Waals surface area contributed by atoms with Crippen LogP contribution in [0, 0.1) is 11.6 Å². The van der Waals surface area contributed by atoms with Crippen LogP contribution in [0.5, 0.6) is 0 Å². The Morgan fingerprint density at radius 2 is 1.92 bits per heavy atom. The van der Waals surface area contributed by atoms with Crippen molar-refractivity contribution in [1.82, 2.24) is 5.48 Å². The third-order valence-corrected chi connectivity index (χ3v) is 1.45. The Kier molecular flexibility index (Phi) is 3.13. The molecule has 1 rings (SSSR count). The van der Waals surface area contributed by atoms with Crippen LogP contribution in [-0.4, -0.2) is 7.11 Å². The van der Waals surface area contributed by atoms with Crippen molar-refractivity contribution in [2.45, 2.75) is 6.54 Å². The molecule has 0 spiro atoms. The van der Waals surface area contributed by atoms with Crippen LogP contribution in [0.1, 0.15) is 5.56 Å². The van der Waals surface area contributed by atoms with Gasteiger partial charge in [-0.3, -0.25) is 0 Å². The van der Waals surface area contributed by atoms with E-state index in [2.05, 4.69) is 10.3 Å². The Balaban J connectivity index is 2.81. The van der Waals surface area contributed by atoms with Gasteiger partial charge in [-0.1, -0.05) is 6.07 Å². The summed E-state index contributed by atoms with van der Waals surface area (Å²) in [4.78, 5) is 4.47. The molecule has 1 N–H and O–H groups in total. The molecule has 0 aliphatic heterocycles. The Hall–Kier alpha value is -1.00. The van der Waals surface area contributed by atoms with Gasteiger partial charge >= 0.3 is 0 Å². The average Bonchev–Trinajstić information content (AvgIpc) is 2.04. The van der Waals surface area contributed by atoms with Crippen molar-refractivity contribution in [3.8, 4) is 0 Å². The summed E-state index contributed by atoms with van der Waals surface area (Å²) in [5, 5.41) is 0. The highest BCUT2D eigenvalue weighted by Gasteiger charge is 2.06. The van der Waals surface area contributed by atoms with Crippen LogP contribution < -0.4 is 5.48 Å². The van der Waals surface area contributed by atoms with E-state index < -0.39 is 11.6 Å².